The van der Waals surface area contributed by atoms with Gasteiger partial charge in [-0.3, -0.25) is 13.9 Å². The number of nitrogens with zero attached hydrogens (tertiary/aromatic N) is 3. The molecule has 5 aliphatic rings. The number of likely N-dealkylation sites (tertiary alicyclic amines) is 1. The number of halogens is 4. The lowest BCUT2D eigenvalue weighted by atomic mass is 9.55. The molecule has 47 heavy (non-hydrogen) atoms. The molecule has 0 amide bonds. The number of carbonyl (C=O) groups is 2. The Kier molecular flexibility index (Phi) is 12.1. The van der Waals surface area contributed by atoms with Crippen molar-refractivity contribution >= 4 is 37.7 Å². The lowest BCUT2D eigenvalue weighted by Gasteiger charge is -2.60. The Hall–Kier alpha value is -1.79. The molecule has 2 saturated heterocycles. The number of anilines is 1. The molecule has 0 aromatic heterocycles. The van der Waals surface area contributed by atoms with Crippen LogP contribution in [-0.4, -0.2) is 98.2 Å². The van der Waals surface area contributed by atoms with Crippen LogP contribution >= 0.6 is 11.9 Å². The van der Waals surface area contributed by atoms with E-state index in [0.29, 0.717) is 34.8 Å². The van der Waals surface area contributed by atoms with E-state index in [4.69, 9.17) is 9.90 Å². The van der Waals surface area contributed by atoms with Crippen LogP contribution in [0, 0.1) is 22.7 Å². The van der Waals surface area contributed by atoms with Crippen molar-refractivity contribution < 1.29 is 32.3 Å². The normalized spacial score (nSPS) is 28.4. The first-order valence-electron chi connectivity index (χ1n) is 17.1. The summed E-state index contributed by atoms with van der Waals surface area (Å²) in [5, 5.41) is 6.89. The van der Waals surface area contributed by atoms with E-state index in [1.807, 2.05) is 25.2 Å². The molecule has 3 aliphatic carbocycles. The van der Waals surface area contributed by atoms with Crippen LogP contribution in [-0.2, 0) is 16.0 Å². The van der Waals surface area contributed by atoms with Gasteiger partial charge in [0.15, 0.2) is 7.85 Å². The minimum atomic E-state index is -4.43. The standard InChI is InChI=1S/C24H32N2O.C10H18BF4NS.CH2O2/c1-23-10-9-19-18-6-4-17(26-14-24(15-26)12-25(2)13-24)11-16(18)3-5-20(19)21(23)7-8-22(23)27;1-4-8(2)16(3)17-7-5-6-9(12,13)10(11,14)15;2-1-3/h4,6,11,19-21H,3,5,7-10,12-15H2,1-2H3;8H,4-7H2,1-3H3;1H,(H,2,3). The number of carboxylic acid groups (broad SMARTS) is 1. The molecule has 1 aromatic carbocycles. The van der Waals surface area contributed by atoms with Gasteiger partial charge in [-0.05, 0) is 107 Å². The molecule has 5 unspecified atom stereocenters. The van der Waals surface area contributed by atoms with E-state index in [1.54, 1.807) is 11.1 Å². The Labute approximate surface area is 283 Å². The molecule has 2 aliphatic heterocycles. The van der Waals surface area contributed by atoms with Crippen molar-refractivity contribution in [2.75, 3.05) is 50.9 Å². The molecule has 2 saturated carbocycles. The molecular weight excluding hydrogens is 629 g/mol. The van der Waals surface area contributed by atoms with Gasteiger partial charge in [-0.15, -0.1) is 0 Å². The van der Waals surface area contributed by atoms with Crippen molar-refractivity contribution in [3.8, 4) is 0 Å². The van der Waals surface area contributed by atoms with Gasteiger partial charge in [0.2, 0.25) is 0 Å². The molecule has 12 heteroatoms. The number of carbonyl (C=O) groups excluding carboxylic acids is 1. The van der Waals surface area contributed by atoms with E-state index < -0.39 is 18.2 Å². The molecule has 2 heterocycles. The first kappa shape index (κ1) is 38.0. The third kappa shape index (κ3) is 8.17. The molecule has 6 nitrogen and oxygen atoms in total. The van der Waals surface area contributed by atoms with Crippen molar-refractivity contribution in [2.24, 2.45) is 22.7 Å². The van der Waals surface area contributed by atoms with E-state index in [9.17, 15) is 22.4 Å². The fraction of sp³-hybridized carbons (Fsp3) is 0.771. The van der Waals surface area contributed by atoms with Gasteiger partial charge in [-0.2, -0.15) is 0 Å². The van der Waals surface area contributed by atoms with Crippen LogP contribution in [0.1, 0.15) is 89.2 Å². The van der Waals surface area contributed by atoms with Crippen molar-refractivity contribution in [2.45, 2.75) is 102 Å². The zero-order valence-corrected chi connectivity index (χ0v) is 29.4. The fourth-order valence-corrected chi connectivity index (χ4v) is 9.80. The van der Waals surface area contributed by atoms with Gasteiger partial charge in [-0.25, -0.2) is 17.6 Å². The Bertz CT molecular complexity index is 1240. The number of alkyl halides is 4. The molecular formula is C35H52BF4N3O3S. The lowest BCUT2D eigenvalue weighted by Crippen LogP contribution is -2.71. The third-order valence-corrected chi connectivity index (χ3v) is 12.9. The highest BCUT2D eigenvalue weighted by molar-refractivity contribution is 7.97. The molecule has 6 rings (SSSR count). The van der Waals surface area contributed by atoms with Crippen LogP contribution in [0.4, 0.5) is 23.2 Å². The lowest BCUT2D eigenvalue weighted by molar-refractivity contribution is -0.161. The van der Waals surface area contributed by atoms with Crippen molar-refractivity contribution in [1.82, 2.24) is 9.21 Å². The molecule has 2 radical (unpaired) electrons. The Morgan fingerprint density at radius 3 is 2.40 bits per heavy atom. The van der Waals surface area contributed by atoms with Gasteiger partial charge < -0.3 is 14.9 Å². The average molecular weight is 682 g/mol. The van der Waals surface area contributed by atoms with Gasteiger partial charge in [0, 0.05) is 67.3 Å². The number of Topliss-reactive ketones (excluding diaryl/α,β-unsaturated/α-hetero) is 1. The molecule has 5 atom stereocenters. The molecule has 262 valence electrons. The van der Waals surface area contributed by atoms with Crippen LogP contribution in [0.3, 0.4) is 0 Å². The SMILES string of the molecule is CN1CC2(C1)CN(c1ccc3c(c1)CCC1C3CCC3(C)C(=O)CCC13)C2.O=CO.[B]C(F)(F)C(F)(F)CCCSN(C)C(C)CC. The van der Waals surface area contributed by atoms with Crippen LogP contribution in [0.5, 0.6) is 0 Å². The van der Waals surface area contributed by atoms with Crippen LogP contribution in [0.2, 0.25) is 0 Å². The minimum Gasteiger partial charge on any atom is -0.483 e. The topological polar surface area (TPSA) is 64.1 Å². The smallest absolute Gasteiger partial charge is 0.300 e. The molecule has 1 aromatic rings. The number of aryl methyl sites for hydroxylation is 1. The monoisotopic (exact) mass is 681 g/mol. The van der Waals surface area contributed by atoms with E-state index in [0.717, 1.165) is 31.6 Å². The molecule has 1 spiro atoms. The Balaban J connectivity index is 0.000000218. The number of benzene rings is 1. The Morgan fingerprint density at radius 2 is 1.81 bits per heavy atom. The number of hydrogen-bond acceptors (Lipinski definition) is 6. The second-order valence-electron chi connectivity index (χ2n) is 14.9. The van der Waals surface area contributed by atoms with Gasteiger partial charge in [-0.1, -0.05) is 31.9 Å². The van der Waals surface area contributed by atoms with Gasteiger partial charge in [0.05, 0.1) is 0 Å². The van der Waals surface area contributed by atoms with E-state index in [1.165, 1.54) is 63.1 Å². The number of hydrogen-bond donors (Lipinski definition) is 1. The molecule has 0 bridgehead atoms. The summed E-state index contributed by atoms with van der Waals surface area (Å²) in [5.74, 6) is -5.53. The molecule has 4 fully saturated rings. The maximum absolute atomic E-state index is 12.8. The van der Waals surface area contributed by atoms with Crippen LogP contribution < -0.4 is 4.90 Å². The summed E-state index contributed by atoms with van der Waals surface area (Å²) in [5.41, 5.74) is 5.27. The summed E-state index contributed by atoms with van der Waals surface area (Å²) in [6.45, 7) is 11.1. The van der Waals surface area contributed by atoms with Crippen molar-refractivity contribution in [1.29, 1.82) is 0 Å². The summed E-state index contributed by atoms with van der Waals surface area (Å²) in [7, 11) is 8.21. The number of ketones is 1. The highest BCUT2D eigenvalue weighted by Crippen LogP contribution is 2.59. The van der Waals surface area contributed by atoms with Crippen molar-refractivity contribution in [3.05, 3.63) is 29.3 Å². The van der Waals surface area contributed by atoms with Crippen molar-refractivity contribution in [3.63, 3.8) is 0 Å². The summed E-state index contributed by atoms with van der Waals surface area (Å²) in [6.07, 6.45) is 6.88. The third-order valence-electron chi connectivity index (χ3n) is 11.7. The van der Waals surface area contributed by atoms with Crippen LogP contribution in [0.15, 0.2) is 18.2 Å². The predicted octanol–water partition coefficient (Wildman–Crippen LogP) is 7.11. The van der Waals surface area contributed by atoms with Gasteiger partial charge >= 0.3 is 0 Å². The highest BCUT2D eigenvalue weighted by Gasteiger charge is 2.55. The fourth-order valence-electron chi connectivity index (χ4n) is 8.84. The maximum Gasteiger partial charge on any atom is 0.300 e. The molecule has 1 N–H and O–H groups in total. The quantitative estimate of drug-likeness (QED) is 0.0981. The second-order valence-corrected chi connectivity index (χ2v) is 16.2. The minimum absolute atomic E-state index is 0.000493. The number of fused-ring (bicyclic) bond motifs is 5. The first-order chi connectivity index (χ1) is 22.0. The second kappa shape index (κ2) is 15.0. The summed E-state index contributed by atoms with van der Waals surface area (Å²) >= 11 is 1.37. The van der Waals surface area contributed by atoms with Crippen LogP contribution in [0.25, 0.3) is 0 Å². The largest absolute Gasteiger partial charge is 0.483 e. The number of rotatable bonds is 9. The van der Waals surface area contributed by atoms with E-state index >= 15 is 0 Å². The highest BCUT2D eigenvalue weighted by atomic mass is 32.2. The first-order valence-corrected chi connectivity index (χ1v) is 18.0. The predicted molar refractivity (Wildman–Crippen MR) is 182 cm³/mol. The van der Waals surface area contributed by atoms with Gasteiger partial charge in [0.1, 0.15) is 5.78 Å². The zero-order valence-electron chi connectivity index (χ0n) is 28.6. The van der Waals surface area contributed by atoms with E-state index in [-0.39, 0.29) is 18.3 Å². The Morgan fingerprint density at radius 1 is 1.15 bits per heavy atom. The van der Waals surface area contributed by atoms with Gasteiger partial charge in [0.25, 0.3) is 18.2 Å². The zero-order chi connectivity index (χ0) is 34.8. The summed E-state index contributed by atoms with van der Waals surface area (Å²) < 4.78 is 52.1. The average Bonchev–Trinajstić information content (AvgIpc) is 3.29. The summed E-state index contributed by atoms with van der Waals surface area (Å²) in [6, 6.07) is 7.69. The maximum atomic E-state index is 12.8. The summed E-state index contributed by atoms with van der Waals surface area (Å²) in [4.78, 5) is 25.9. The van der Waals surface area contributed by atoms with E-state index in [2.05, 4.69) is 49.8 Å².